The van der Waals surface area contributed by atoms with Gasteiger partial charge in [-0.05, 0) is 79.9 Å². The molecule has 0 bridgehead atoms. The van der Waals surface area contributed by atoms with Crippen molar-refractivity contribution in [2.75, 3.05) is 6.54 Å². The van der Waals surface area contributed by atoms with E-state index < -0.39 is 21.9 Å². The summed E-state index contributed by atoms with van der Waals surface area (Å²) in [4.78, 5) is 11.2. The summed E-state index contributed by atoms with van der Waals surface area (Å²) in [6.07, 6.45) is -0.0916. The molecule has 0 aliphatic heterocycles. The fourth-order valence-corrected chi connectivity index (χ4v) is 4.94. The van der Waals surface area contributed by atoms with E-state index in [2.05, 4.69) is 5.32 Å². The highest BCUT2D eigenvalue weighted by Crippen LogP contribution is 2.23. The first-order valence-corrected chi connectivity index (χ1v) is 12.2. The van der Waals surface area contributed by atoms with Crippen LogP contribution in [0.2, 0.25) is 5.02 Å². The molecule has 3 N–H and O–H groups in total. The minimum Gasteiger partial charge on any atom is -0.478 e. The van der Waals surface area contributed by atoms with E-state index in [1.165, 1.54) is 24.3 Å². The molecule has 0 unspecified atom stereocenters. The lowest BCUT2D eigenvalue weighted by Gasteiger charge is -2.28. The third kappa shape index (κ3) is 6.42. The number of aromatic carboxylic acids is 1. The number of benzene rings is 3. The number of hydrogen-bond donors (Lipinski definition) is 3. The zero-order chi connectivity index (χ0) is 24.2. The van der Waals surface area contributed by atoms with Crippen LogP contribution in [0.1, 0.15) is 41.4 Å². The number of carboxylic acids is 1. The summed E-state index contributed by atoms with van der Waals surface area (Å²) in [5, 5.41) is 23.3. The minimum atomic E-state index is -3.75. The Labute approximate surface area is 198 Å². The number of aliphatic hydroxyl groups is 1. The van der Waals surface area contributed by atoms with Crippen LogP contribution in [0.25, 0.3) is 0 Å². The number of aliphatic hydroxyl groups excluding tert-OH is 1. The van der Waals surface area contributed by atoms with Crippen molar-refractivity contribution in [2.45, 2.75) is 41.7 Å². The van der Waals surface area contributed by atoms with E-state index in [-0.39, 0.29) is 20.9 Å². The molecule has 3 aromatic rings. The van der Waals surface area contributed by atoms with Crippen LogP contribution in [-0.4, -0.2) is 36.7 Å². The van der Waals surface area contributed by atoms with Crippen molar-refractivity contribution in [3.8, 4) is 0 Å². The van der Waals surface area contributed by atoms with E-state index in [1.807, 2.05) is 19.9 Å². The predicted molar refractivity (Wildman–Crippen MR) is 127 cm³/mol. The van der Waals surface area contributed by atoms with Crippen LogP contribution in [-0.2, 0) is 16.3 Å². The molecule has 0 aliphatic carbocycles. The lowest BCUT2D eigenvalue weighted by molar-refractivity contribution is 0.0696. The van der Waals surface area contributed by atoms with Gasteiger partial charge < -0.3 is 15.5 Å². The lowest BCUT2D eigenvalue weighted by Crippen LogP contribution is -2.43. The van der Waals surface area contributed by atoms with Crippen LogP contribution >= 0.6 is 11.6 Å². The van der Waals surface area contributed by atoms with Crippen molar-refractivity contribution in [3.05, 3.63) is 94.5 Å². The van der Waals surface area contributed by atoms with Gasteiger partial charge in [0.15, 0.2) is 0 Å². The Morgan fingerprint density at radius 3 is 2.12 bits per heavy atom. The molecule has 0 heterocycles. The van der Waals surface area contributed by atoms with Gasteiger partial charge in [-0.1, -0.05) is 35.9 Å². The molecule has 8 heteroatoms. The largest absolute Gasteiger partial charge is 0.478 e. The van der Waals surface area contributed by atoms with Crippen LogP contribution in [0.15, 0.2) is 82.6 Å². The van der Waals surface area contributed by atoms with Gasteiger partial charge in [0.2, 0.25) is 9.84 Å². The number of rotatable bonds is 9. The van der Waals surface area contributed by atoms with Gasteiger partial charge in [-0.25, -0.2) is 13.2 Å². The maximum atomic E-state index is 12.9. The number of nitrogens with one attached hydrogen (secondary N) is 1. The van der Waals surface area contributed by atoms with Gasteiger partial charge in [0.25, 0.3) is 0 Å². The van der Waals surface area contributed by atoms with Gasteiger partial charge in [0, 0.05) is 17.1 Å². The third-order valence-corrected chi connectivity index (χ3v) is 7.32. The standard InChI is InChI=1S/C25H26ClNO5S/c1-25(2,27-16-23(28)19-4-3-5-20(26)14-19)15-17-6-10-21(11-7-17)33(31,32)22-12-8-18(9-13-22)24(29)30/h3-14,23,27-28H,15-16H2,1-2H3,(H,29,30)/t23-/m1/s1. The molecule has 3 rings (SSSR count). The van der Waals surface area contributed by atoms with E-state index in [0.29, 0.717) is 18.0 Å². The molecule has 3 aromatic carbocycles. The Hall–Kier alpha value is -2.71. The average molecular weight is 488 g/mol. The number of halogens is 1. The summed E-state index contributed by atoms with van der Waals surface area (Å²) in [7, 11) is -3.75. The fraction of sp³-hybridized carbons (Fsp3) is 0.240. The summed E-state index contributed by atoms with van der Waals surface area (Å²) in [6.45, 7) is 4.35. The number of hydrogen-bond acceptors (Lipinski definition) is 5. The second-order valence-electron chi connectivity index (χ2n) is 8.49. The van der Waals surface area contributed by atoms with Gasteiger partial charge in [-0.3, -0.25) is 0 Å². The highest BCUT2D eigenvalue weighted by Gasteiger charge is 2.22. The summed E-state index contributed by atoms with van der Waals surface area (Å²) >= 11 is 5.99. The van der Waals surface area contributed by atoms with Crippen molar-refractivity contribution >= 4 is 27.4 Å². The molecular weight excluding hydrogens is 462 g/mol. The van der Waals surface area contributed by atoms with Crippen molar-refractivity contribution in [1.82, 2.24) is 5.32 Å². The third-order valence-electron chi connectivity index (χ3n) is 5.30. The molecule has 0 saturated carbocycles. The van der Waals surface area contributed by atoms with Crippen LogP contribution in [0.4, 0.5) is 0 Å². The SMILES string of the molecule is CC(C)(Cc1ccc(S(=O)(=O)c2ccc(C(=O)O)cc2)cc1)NC[C@@H](O)c1cccc(Cl)c1. The van der Waals surface area contributed by atoms with Crippen LogP contribution < -0.4 is 5.32 Å². The summed E-state index contributed by atoms with van der Waals surface area (Å²) in [6, 6.07) is 18.9. The maximum absolute atomic E-state index is 12.9. The summed E-state index contributed by atoms with van der Waals surface area (Å²) < 4.78 is 25.7. The number of carboxylic acid groups (broad SMARTS) is 1. The average Bonchev–Trinajstić information content (AvgIpc) is 2.77. The molecule has 0 saturated heterocycles. The summed E-state index contributed by atoms with van der Waals surface area (Å²) in [5.74, 6) is -1.11. The molecule has 1 atom stereocenters. The van der Waals surface area contributed by atoms with E-state index in [4.69, 9.17) is 16.7 Å². The first-order valence-electron chi connectivity index (χ1n) is 10.3. The molecule has 0 aromatic heterocycles. The zero-order valence-electron chi connectivity index (χ0n) is 18.3. The number of β-amino-alcohol motifs (C(OH)–C–C–N with tert-alkyl or cyclic N) is 1. The molecule has 0 amide bonds. The molecule has 0 spiro atoms. The van der Waals surface area contributed by atoms with Crippen molar-refractivity contribution < 1.29 is 23.4 Å². The van der Waals surface area contributed by atoms with Crippen LogP contribution in [0.5, 0.6) is 0 Å². The smallest absolute Gasteiger partial charge is 0.335 e. The van der Waals surface area contributed by atoms with Crippen LogP contribution in [0.3, 0.4) is 0 Å². The first kappa shape index (κ1) is 24.9. The van der Waals surface area contributed by atoms with E-state index in [9.17, 15) is 18.3 Å². The van der Waals surface area contributed by atoms with E-state index in [0.717, 1.165) is 11.1 Å². The molecular formula is C25H26ClNO5S. The fourth-order valence-electron chi connectivity index (χ4n) is 3.48. The zero-order valence-corrected chi connectivity index (χ0v) is 19.9. The number of carbonyl (C=O) groups is 1. The maximum Gasteiger partial charge on any atom is 0.335 e. The highest BCUT2D eigenvalue weighted by molar-refractivity contribution is 7.91. The van der Waals surface area contributed by atoms with Gasteiger partial charge in [0.1, 0.15) is 0 Å². The molecule has 0 radical (unpaired) electrons. The Balaban J connectivity index is 1.65. The highest BCUT2D eigenvalue weighted by atomic mass is 35.5. The number of sulfone groups is 1. The second kappa shape index (κ2) is 10.1. The Morgan fingerprint density at radius 1 is 1.00 bits per heavy atom. The Kier molecular flexibility index (Phi) is 7.59. The van der Waals surface area contributed by atoms with E-state index in [1.54, 1.807) is 42.5 Å². The molecule has 174 valence electrons. The summed E-state index contributed by atoms with van der Waals surface area (Å²) in [5.41, 5.74) is 1.34. The normalized spacial score (nSPS) is 13.0. The van der Waals surface area contributed by atoms with Crippen LogP contribution in [0, 0.1) is 0 Å². The second-order valence-corrected chi connectivity index (χ2v) is 10.9. The topological polar surface area (TPSA) is 104 Å². The predicted octanol–water partition coefficient (Wildman–Crippen LogP) is 4.52. The lowest BCUT2D eigenvalue weighted by atomic mass is 9.94. The molecule has 33 heavy (non-hydrogen) atoms. The Bertz CT molecular complexity index is 1220. The van der Waals surface area contributed by atoms with Gasteiger partial charge in [-0.15, -0.1) is 0 Å². The minimum absolute atomic E-state index is 0.0273. The van der Waals surface area contributed by atoms with Crippen molar-refractivity contribution in [1.29, 1.82) is 0 Å². The quantitative estimate of drug-likeness (QED) is 0.410. The van der Waals surface area contributed by atoms with Gasteiger partial charge in [-0.2, -0.15) is 0 Å². The van der Waals surface area contributed by atoms with E-state index >= 15 is 0 Å². The molecule has 6 nitrogen and oxygen atoms in total. The monoisotopic (exact) mass is 487 g/mol. The van der Waals surface area contributed by atoms with Crippen molar-refractivity contribution in [2.24, 2.45) is 0 Å². The molecule has 0 fully saturated rings. The molecule has 0 aliphatic rings. The Morgan fingerprint density at radius 2 is 1.58 bits per heavy atom. The van der Waals surface area contributed by atoms with Crippen molar-refractivity contribution in [3.63, 3.8) is 0 Å². The van der Waals surface area contributed by atoms with Gasteiger partial charge in [0.05, 0.1) is 21.5 Å². The van der Waals surface area contributed by atoms with Gasteiger partial charge >= 0.3 is 5.97 Å². The first-order chi connectivity index (χ1) is 15.5.